The van der Waals surface area contributed by atoms with Gasteiger partial charge in [-0.25, -0.2) is 0 Å². The smallest absolute Gasteiger partial charge is 0.251 e. The lowest BCUT2D eigenvalue weighted by molar-refractivity contribution is -0.0689. The molecule has 4 heteroatoms. The van der Waals surface area contributed by atoms with Crippen LogP contribution in [0, 0.1) is 11.3 Å². The first-order valence-electron chi connectivity index (χ1n) is 7.52. The zero-order valence-electron chi connectivity index (χ0n) is 13.2. The number of rotatable bonds is 5. The molecule has 2 rings (SSSR count). The Morgan fingerprint density at radius 1 is 1.48 bits per heavy atom. The number of aliphatic hydroxyl groups is 1. The summed E-state index contributed by atoms with van der Waals surface area (Å²) < 4.78 is 5.64. The number of benzene rings is 1. The van der Waals surface area contributed by atoms with Gasteiger partial charge in [0, 0.05) is 17.0 Å². The van der Waals surface area contributed by atoms with E-state index in [1.807, 2.05) is 26.0 Å². The van der Waals surface area contributed by atoms with Crippen molar-refractivity contribution < 1.29 is 14.6 Å². The number of nitrogens with one attached hydrogen (secondary N) is 1. The van der Waals surface area contributed by atoms with Crippen LogP contribution in [0.15, 0.2) is 24.3 Å². The first-order chi connectivity index (χ1) is 9.80. The average molecular weight is 291 g/mol. The van der Waals surface area contributed by atoms with E-state index in [0.29, 0.717) is 30.3 Å². The van der Waals surface area contributed by atoms with Gasteiger partial charge in [0.05, 0.1) is 12.7 Å². The molecule has 0 heterocycles. The zero-order chi connectivity index (χ0) is 15.6. The topological polar surface area (TPSA) is 58.6 Å². The monoisotopic (exact) mass is 291 g/mol. The van der Waals surface area contributed by atoms with Crippen LogP contribution in [0.2, 0.25) is 0 Å². The summed E-state index contributed by atoms with van der Waals surface area (Å²) in [7, 11) is 0. The minimum Gasteiger partial charge on any atom is -0.493 e. The Morgan fingerprint density at radius 2 is 2.19 bits per heavy atom. The van der Waals surface area contributed by atoms with Gasteiger partial charge in [-0.1, -0.05) is 33.8 Å². The lowest BCUT2D eigenvalue weighted by Crippen LogP contribution is -2.61. The summed E-state index contributed by atoms with van der Waals surface area (Å²) in [6.07, 6.45) is 0.269. The van der Waals surface area contributed by atoms with Crippen molar-refractivity contribution in [2.45, 2.75) is 46.3 Å². The first-order valence-corrected chi connectivity index (χ1v) is 7.52. The average Bonchev–Trinajstić information content (AvgIpc) is 2.45. The van der Waals surface area contributed by atoms with E-state index < -0.39 is 0 Å². The Bertz CT molecular complexity index is 511. The van der Waals surface area contributed by atoms with Gasteiger partial charge in [0.1, 0.15) is 5.75 Å². The molecule has 1 aromatic rings. The van der Waals surface area contributed by atoms with Crippen molar-refractivity contribution in [2.75, 3.05) is 6.61 Å². The van der Waals surface area contributed by atoms with Crippen LogP contribution in [0.1, 0.15) is 44.5 Å². The predicted octanol–water partition coefficient (Wildman–Crippen LogP) is 2.61. The van der Waals surface area contributed by atoms with Gasteiger partial charge in [0.25, 0.3) is 5.91 Å². The van der Waals surface area contributed by atoms with E-state index in [1.54, 1.807) is 12.1 Å². The van der Waals surface area contributed by atoms with Crippen molar-refractivity contribution >= 4 is 5.91 Å². The predicted molar refractivity (Wildman–Crippen MR) is 82.4 cm³/mol. The van der Waals surface area contributed by atoms with Gasteiger partial charge >= 0.3 is 0 Å². The van der Waals surface area contributed by atoms with E-state index in [0.717, 1.165) is 0 Å². The van der Waals surface area contributed by atoms with Crippen LogP contribution in [0.3, 0.4) is 0 Å². The normalized spacial score (nSPS) is 23.5. The van der Waals surface area contributed by atoms with Gasteiger partial charge < -0.3 is 15.2 Å². The molecule has 0 aromatic heterocycles. The Hall–Kier alpha value is -1.55. The van der Waals surface area contributed by atoms with Crippen molar-refractivity contribution in [3.8, 4) is 5.75 Å². The lowest BCUT2D eigenvalue weighted by Gasteiger charge is -2.49. The second-order valence-corrected chi connectivity index (χ2v) is 6.83. The third-order valence-electron chi connectivity index (χ3n) is 4.20. The van der Waals surface area contributed by atoms with Crippen LogP contribution in [-0.4, -0.2) is 29.8 Å². The Kier molecular flexibility index (Phi) is 4.57. The van der Waals surface area contributed by atoms with Crippen molar-refractivity contribution in [3.05, 3.63) is 29.8 Å². The van der Waals surface area contributed by atoms with Gasteiger partial charge in [0.2, 0.25) is 0 Å². The van der Waals surface area contributed by atoms with Crippen LogP contribution in [0.5, 0.6) is 5.75 Å². The maximum absolute atomic E-state index is 12.3. The fourth-order valence-electron chi connectivity index (χ4n) is 2.38. The summed E-state index contributed by atoms with van der Waals surface area (Å²) in [5, 5.41) is 12.7. The summed E-state index contributed by atoms with van der Waals surface area (Å²) >= 11 is 0. The van der Waals surface area contributed by atoms with Crippen molar-refractivity contribution in [1.82, 2.24) is 5.32 Å². The van der Waals surface area contributed by atoms with E-state index in [1.165, 1.54) is 0 Å². The van der Waals surface area contributed by atoms with Crippen molar-refractivity contribution in [3.63, 3.8) is 0 Å². The molecule has 0 radical (unpaired) electrons. The molecule has 0 bridgehead atoms. The molecule has 0 saturated heterocycles. The number of carbonyl (C=O) groups is 1. The largest absolute Gasteiger partial charge is 0.493 e. The second kappa shape index (κ2) is 6.06. The summed E-state index contributed by atoms with van der Waals surface area (Å²) in [6, 6.07) is 7.24. The molecular weight excluding hydrogens is 266 g/mol. The fourth-order valence-corrected chi connectivity index (χ4v) is 2.38. The molecule has 2 atom stereocenters. The van der Waals surface area contributed by atoms with Gasteiger partial charge in [-0.2, -0.15) is 0 Å². The number of amides is 1. The zero-order valence-corrected chi connectivity index (χ0v) is 13.2. The van der Waals surface area contributed by atoms with Crippen molar-refractivity contribution in [2.24, 2.45) is 11.3 Å². The van der Waals surface area contributed by atoms with E-state index in [-0.39, 0.29) is 23.5 Å². The molecule has 1 aliphatic rings. The van der Waals surface area contributed by atoms with E-state index in [2.05, 4.69) is 19.2 Å². The van der Waals surface area contributed by atoms with Gasteiger partial charge in [0.15, 0.2) is 0 Å². The van der Waals surface area contributed by atoms with Gasteiger partial charge in [-0.05, 0) is 30.5 Å². The maximum atomic E-state index is 12.3. The highest BCUT2D eigenvalue weighted by Crippen LogP contribution is 2.40. The van der Waals surface area contributed by atoms with E-state index in [9.17, 15) is 9.90 Å². The first kappa shape index (κ1) is 15.8. The van der Waals surface area contributed by atoms with Crippen LogP contribution < -0.4 is 10.1 Å². The highest BCUT2D eigenvalue weighted by molar-refractivity contribution is 5.94. The van der Waals surface area contributed by atoms with E-state index in [4.69, 9.17) is 4.74 Å². The summed E-state index contributed by atoms with van der Waals surface area (Å²) in [4.78, 5) is 12.3. The number of hydrogen-bond donors (Lipinski definition) is 2. The number of ether oxygens (including phenoxy) is 1. The second-order valence-electron chi connectivity index (χ2n) is 6.83. The van der Waals surface area contributed by atoms with Crippen LogP contribution in [0.4, 0.5) is 0 Å². The van der Waals surface area contributed by atoms with Crippen molar-refractivity contribution in [1.29, 1.82) is 0 Å². The van der Waals surface area contributed by atoms with Gasteiger partial charge in [-0.15, -0.1) is 0 Å². The van der Waals surface area contributed by atoms with Crippen LogP contribution in [-0.2, 0) is 0 Å². The maximum Gasteiger partial charge on any atom is 0.251 e. The molecule has 1 aliphatic carbocycles. The summed E-state index contributed by atoms with van der Waals surface area (Å²) in [6.45, 7) is 8.73. The summed E-state index contributed by atoms with van der Waals surface area (Å²) in [5.41, 5.74) is 0.329. The quantitative estimate of drug-likeness (QED) is 0.876. The Morgan fingerprint density at radius 3 is 2.76 bits per heavy atom. The molecular formula is C17H25NO3. The third kappa shape index (κ3) is 3.56. The van der Waals surface area contributed by atoms with Gasteiger partial charge in [-0.3, -0.25) is 4.79 Å². The Labute approximate surface area is 126 Å². The third-order valence-corrected chi connectivity index (χ3v) is 4.20. The molecule has 1 aromatic carbocycles. The fraction of sp³-hybridized carbons (Fsp3) is 0.588. The highest BCUT2D eigenvalue weighted by atomic mass is 16.5. The molecule has 1 amide bonds. The minimum absolute atomic E-state index is 0.0141. The Balaban J connectivity index is 1.98. The number of hydrogen-bond acceptors (Lipinski definition) is 3. The summed E-state index contributed by atoms with van der Waals surface area (Å²) in [5.74, 6) is 1.04. The highest BCUT2D eigenvalue weighted by Gasteiger charge is 2.47. The molecule has 2 unspecified atom stereocenters. The molecule has 0 aliphatic heterocycles. The molecule has 116 valence electrons. The van der Waals surface area contributed by atoms with Crippen LogP contribution >= 0.6 is 0 Å². The molecule has 1 saturated carbocycles. The number of aliphatic hydroxyl groups excluding tert-OH is 1. The van der Waals surface area contributed by atoms with E-state index >= 15 is 0 Å². The molecule has 2 N–H and O–H groups in total. The lowest BCUT2D eigenvalue weighted by atomic mass is 9.64. The minimum atomic E-state index is -0.344. The molecule has 21 heavy (non-hydrogen) atoms. The molecule has 1 fully saturated rings. The molecule has 4 nitrogen and oxygen atoms in total. The van der Waals surface area contributed by atoms with Crippen LogP contribution in [0.25, 0.3) is 0 Å². The molecule has 0 spiro atoms. The SMILES string of the molecule is CC(C)COc1cccc(C(=O)NC2CC(O)C2(C)C)c1. The standard InChI is InChI=1S/C17H25NO3/c1-11(2)10-21-13-7-5-6-12(8-13)16(20)18-14-9-15(19)17(14,3)4/h5-8,11,14-15,19H,9-10H2,1-4H3,(H,18,20). The number of carbonyl (C=O) groups excluding carboxylic acids is 1.